The van der Waals surface area contributed by atoms with Crippen LogP contribution in [0.5, 0.6) is 0 Å². The summed E-state index contributed by atoms with van der Waals surface area (Å²) in [6.45, 7) is 1.69. The molecule has 0 amide bonds. The average molecular weight is 266 g/mol. The smallest absolute Gasteiger partial charge is 0.128 e. The number of benzene rings is 1. The molecule has 0 saturated carbocycles. The fourth-order valence-corrected chi connectivity index (χ4v) is 1.92. The van der Waals surface area contributed by atoms with Crippen LogP contribution in [0.2, 0.25) is 5.02 Å². The van der Waals surface area contributed by atoms with Crippen LogP contribution >= 0.6 is 11.6 Å². The molecule has 94 valence electrons. The number of halogens is 2. The van der Waals surface area contributed by atoms with E-state index < -0.39 is 6.04 Å². The Hall–Kier alpha value is -1.65. The quantitative estimate of drug-likeness (QED) is 0.878. The lowest BCUT2D eigenvalue weighted by atomic mass is 9.98. The van der Waals surface area contributed by atoms with Gasteiger partial charge in [0.1, 0.15) is 11.6 Å². The Morgan fingerprint density at radius 1 is 1.33 bits per heavy atom. The van der Waals surface area contributed by atoms with E-state index in [1.165, 1.54) is 12.3 Å². The Kier molecular flexibility index (Phi) is 3.50. The van der Waals surface area contributed by atoms with E-state index in [0.29, 0.717) is 22.0 Å². The van der Waals surface area contributed by atoms with E-state index in [1.807, 2.05) is 0 Å². The fraction of sp³-hybridized carbons (Fsp3) is 0.154. The predicted octanol–water partition coefficient (Wildman–Crippen LogP) is 2.81. The molecule has 0 saturated heterocycles. The molecule has 18 heavy (non-hydrogen) atoms. The molecule has 0 aliphatic heterocycles. The number of aryl methyl sites for hydroxylation is 1. The van der Waals surface area contributed by atoms with Crippen LogP contribution in [0, 0.1) is 12.7 Å². The van der Waals surface area contributed by atoms with Gasteiger partial charge in [-0.25, -0.2) is 9.37 Å². The van der Waals surface area contributed by atoms with Crippen LogP contribution in [0.15, 0.2) is 30.5 Å². The van der Waals surface area contributed by atoms with Crippen LogP contribution in [-0.2, 0) is 0 Å². The van der Waals surface area contributed by atoms with Gasteiger partial charge in [-0.2, -0.15) is 0 Å². The van der Waals surface area contributed by atoms with Crippen LogP contribution in [0.3, 0.4) is 0 Å². The number of nitrogens with zero attached hydrogens (tertiary/aromatic N) is 1. The van der Waals surface area contributed by atoms with Gasteiger partial charge in [0.25, 0.3) is 0 Å². The zero-order chi connectivity index (χ0) is 13.3. The lowest BCUT2D eigenvalue weighted by Crippen LogP contribution is -2.15. The molecule has 0 radical (unpaired) electrons. The summed E-state index contributed by atoms with van der Waals surface area (Å²) < 4.78 is 13.2. The maximum absolute atomic E-state index is 13.2. The zero-order valence-corrected chi connectivity index (χ0v) is 10.6. The molecule has 2 rings (SSSR count). The second-order valence-electron chi connectivity index (χ2n) is 4.11. The van der Waals surface area contributed by atoms with Crippen LogP contribution in [0.1, 0.15) is 22.7 Å². The van der Waals surface area contributed by atoms with E-state index in [9.17, 15) is 4.39 Å². The van der Waals surface area contributed by atoms with Gasteiger partial charge in [-0.3, -0.25) is 0 Å². The molecule has 0 fully saturated rings. The van der Waals surface area contributed by atoms with Crippen LogP contribution in [0.25, 0.3) is 0 Å². The first-order valence-electron chi connectivity index (χ1n) is 5.41. The highest BCUT2D eigenvalue weighted by Crippen LogP contribution is 2.26. The lowest BCUT2D eigenvalue weighted by molar-refractivity contribution is 0.617. The number of nitrogens with two attached hydrogens (primary N) is 2. The number of rotatable bonds is 2. The molecule has 1 heterocycles. The lowest BCUT2D eigenvalue weighted by Gasteiger charge is -2.15. The molecule has 4 N–H and O–H groups in total. The fourth-order valence-electron chi connectivity index (χ4n) is 1.76. The molecule has 1 aromatic heterocycles. The van der Waals surface area contributed by atoms with Gasteiger partial charge in [0.05, 0.1) is 11.1 Å². The molecule has 0 aliphatic carbocycles. The number of hydrogen-bond donors (Lipinski definition) is 2. The van der Waals surface area contributed by atoms with Gasteiger partial charge >= 0.3 is 0 Å². The third-order valence-electron chi connectivity index (χ3n) is 2.79. The Labute approximate surface area is 110 Å². The summed E-state index contributed by atoms with van der Waals surface area (Å²) in [5.74, 6) is 0.0667. The molecule has 3 nitrogen and oxygen atoms in total. The number of nitrogen functional groups attached to an aromatic ring is 1. The monoisotopic (exact) mass is 265 g/mol. The first-order valence-corrected chi connectivity index (χ1v) is 5.79. The molecule has 0 spiro atoms. The standard InChI is InChI=1S/C13H13ClFN3/c1-7-4-8(2-3-11(7)15)12(16)10-5-9(14)6-18-13(10)17/h2-6,12H,16H2,1H3,(H2,17,18). The Bertz CT molecular complexity index is 586. The second-order valence-corrected chi connectivity index (χ2v) is 4.55. The molecule has 0 bridgehead atoms. The van der Waals surface area contributed by atoms with Crippen molar-refractivity contribution >= 4 is 17.4 Å². The Morgan fingerprint density at radius 3 is 2.72 bits per heavy atom. The topological polar surface area (TPSA) is 64.9 Å². The van der Waals surface area contributed by atoms with Crippen molar-refractivity contribution in [2.75, 3.05) is 5.73 Å². The van der Waals surface area contributed by atoms with Crippen molar-refractivity contribution in [3.05, 3.63) is 58.0 Å². The third-order valence-corrected chi connectivity index (χ3v) is 3.00. The minimum Gasteiger partial charge on any atom is -0.383 e. The van der Waals surface area contributed by atoms with Gasteiger partial charge in [-0.1, -0.05) is 23.7 Å². The van der Waals surface area contributed by atoms with E-state index in [1.54, 1.807) is 25.1 Å². The van der Waals surface area contributed by atoms with Gasteiger partial charge < -0.3 is 11.5 Å². The Morgan fingerprint density at radius 2 is 2.06 bits per heavy atom. The first-order chi connectivity index (χ1) is 8.49. The minimum atomic E-state index is -0.476. The van der Waals surface area contributed by atoms with Gasteiger partial charge in [0.15, 0.2) is 0 Å². The zero-order valence-electron chi connectivity index (χ0n) is 9.82. The summed E-state index contributed by atoms with van der Waals surface area (Å²) >= 11 is 5.87. The molecule has 1 aromatic carbocycles. The summed E-state index contributed by atoms with van der Waals surface area (Å²) in [6.07, 6.45) is 1.46. The van der Waals surface area contributed by atoms with E-state index in [0.717, 1.165) is 5.56 Å². The van der Waals surface area contributed by atoms with E-state index >= 15 is 0 Å². The Balaban J connectivity index is 2.44. The van der Waals surface area contributed by atoms with Crippen molar-refractivity contribution in [1.29, 1.82) is 0 Å². The summed E-state index contributed by atoms with van der Waals surface area (Å²) in [4.78, 5) is 3.96. The first kappa shape index (κ1) is 12.8. The summed E-state index contributed by atoms with van der Waals surface area (Å²) in [7, 11) is 0. The van der Waals surface area contributed by atoms with Crippen molar-refractivity contribution in [2.45, 2.75) is 13.0 Å². The average Bonchev–Trinajstić information content (AvgIpc) is 2.35. The largest absolute Gasteiger partial charge is 0.383 e. The van der Waals surface area contributed by atoms with Gasteiger partial charge in [0.2, 0.25) is 0 Å². The van der Waals surface area contributed by atoms with Crippen molar-refractivity contribution in [1.82, 2.24) is 4.98 Å². The molecule has 0 aliphatic rings. The molecule has 5 heteroatoms. The summed E-state index contributed by atoms with van der Waals surface area (Å²) in [5, 5.41) is 0.466. The third kappa shape index (κ3) is 2.44. The highest BCUT2D eigenvalue weighted by atomic mass is 35.5. The highest BCUT2D eigenvalue weighted by molar-refractivity contribution is 6.30. The normalized spacial score (nSPS) is 12.4. The van der Waals surface area contributed by atoms with Gasteiger partial charge in [-0.15, -0.1) is 0 Å². The second kappa shape index (κ2) is 4.92. The summed E-state index contributed by atoms with van der Waals surface area (Å²) in [6, 6.07) is 5.91. The van der Waals surface area contributed by atoms with E-state index in [4.69, 9.17) is 23.1 Å². The maximum atomic E-state index is 13.2. The molecule has 1 unspecified atom stereocenters. The number of pyridine rings is 1. The molecular weight excluding hydrogens is 253 g/mol. The van der Waals surface area contributed by atoms with E-state index in [2.05, 4.69) is 4.98 Å². The molecule has 2 aromatic rings. The van der Waals surface area contributed by atoms with Crippen molar-refractivity contribution in [2.24, 2.45) is 5.73 Å². The molecule has 1 atom stereocenters. The van der Waals surface area contributed by atoms with Gasteiger partial charge in [-0.05, 0) is 30.2 Å². The molecular formula is C13H13ClFN3. The van der Waals surface area contributed by atoms with Crippen molar-refractivity contribution in [3.8, 4) is 0 Å². The van der Waals surface area contributed by atoms with Crippen LogP contribution < -0.4 is 11.5 Å². The number of anilines is 1. The number of hydrogen-bond acceptors (Lipinski definition) is 3. The maximum Gasteiger partial charge on any atom is 0.128 e. The summed E-state index contributed by atoms with van der Waals surface area (Å²) in [5.41, 5.74) is 13.8. The van der Waals surface area contributed by atoms with E-state index in [-0.39, 0.29) is 5.82 Å². The highest BCUT2D eigenvalue weighted by Gasteiger charge is 2.14. The minimum absolute atomic E-state index is 0.261. The van der Waals surface area contributed by atoms with Crippen LogP contribution in [0.4, 0.5) is 10.2 Å². The van der Waals surface area contributed by atoms with Crippen molar-refractivity contribution in [3.63, 3.8) is 0 Å². The van der Waals surface area contributed by atoms with Crippen molar-refractivity contribution < 1.29 is 4.39 Å². The predicted molar refractivity (Wildman–Crippen MR) is 70.8 cm³/mol. The van der Waals surface area contributed by atoms with Crippen LogP contribution in [-0.4, -0.2) is 4.98 Å². The SMILES string of the molecule is Cc1cc(C(N)c2cc(Cl)cnc2N)ccc1F. The number of aromatic nitrogens is 1. The van der Waals surface area contributed by atoms with Gasteiger partial charge in [0, 0.05) is 11.8 Å².